The van der Waals surface area contributed by atoms with Crippen molar-refractivity contribution in [3.63, 3.8) is 0 Å². The van der Waals surface area contributed by atoms with Crippen LogP contribution in [-0.2, 0) is 12.8 Å². The second-order valence-electron chi connectivity index (χ2n) is 4.84. The molecule has 19 heavy (non-hydrogen) atoms. The lowest BCUT2D eigenvalue weighted by molar-refractivity contribution is 0.0697. The van der Waals surface area contributed by atoms with E-state index in [9.17, 15) is 9.18 Å². The summed E-state index contributed by atoms with van der Waals surface area (Å²) >= 11 is 0. The van der Waals surface area contributed by atoms with E-state index in [-0.39, 0.29) is 11.4 Å². The maximum atomic E-state index is 13.9. The molecule has 2 nitrogen and oxygen atoms in total. The Hall–Kier alpha value is -2.16. The van der Waals surface area contributed by atoms with Crippen LogP contribution in [0.5, 0.6) is 0 Å². The van der Waals surface area contributed by atoms with Gasteiger partial charge in [0.15, 0.2) is 0 Å². The summed E-state index contributed by atoms with van der Waals surface area (Å²) in [6, 6.07) is 9.76. The van der Waals surface area contributed by atoms with E-state index in [1.165, 1.54) is 29.3 Å². The molecule has 2 aromatic rings. The van der Waals surface area contributed by atoms with Gasteiger partial charge in [0.2, 0.25) is 0 Å². The topological polar surface area (TPSA) is 37.3 Å². The predicted molar refractivity (Wildman–Crippen MR) is 70.8 cm³/mol. The van der Waals surface area contributed by atoms with Crippen LogP contribution >= 0.6 is 0 Å². The predicted octanol–water partition coefficient (Wildman–Crippen LogP) is 3.68. The fourth-order valence-corrected chi connectivity index (χ4v) is 2.62. The standard InChI is InChI=1S/C16H13FO2/c17-15-7-6-13(16(18)19)9-14(15)12-5-4-10-2-1-3-11(10)8-12/h4-9H,1-3H2,(H,18,19). The number of aromatic carboxylic acids is 1. The lowest BCUT2D eigenvalue weighted by Gasteiger charge is -2.07. The van der Waals surface area contributed by atoms with Gasteiger partial charge in [-0.05, 0) is 54.2 Å². The molecule has 3 heteroatoms. The van der Waals surface area contributed by atoms with Crippen LogP contribution in [0, 0.1) is 5.82 Å². The van der Waals surface area contributed by atoms with Gasteiger partial charge < -0.3 is 5.11 Å². The Morgan fingerprint density at radius 1 is 1.05 bits per heavy atom. The van der Waals surface area contributed by atoms with E-state index in [4.69, 9.17) is 5.11 Å². The fourth-order valence-electron chi connectivity index (χ4n) is 2.62. The van der Waals surface area contributed by atoms with Gasteiger partial charge in [-0.3, -0.25) is 0 Å². The van der Waals surface area contributed by atoms with E-state index >= 15 is 0 Å². The first-order valence-electron chi connectivity index (χ1n) is 6.30. The number of aryl methyl sites for hydroxylation is 2. The van der Waals surface area contributed by atoms with Crippen molar-refractivity contribution in [3.05, 3.63) is 58.9 Å². The Kier molecular flexibility index (Phi) is 2.82. The molecule has 0 aromatic heterocycles. The number of carboxylic acid groups (broad SMARTS) is 1. The molecule has 0 fully saturated rings. The van der Waals surface area contributed by atoms with Crippen molar-refractivity contribution >= 4 is 5.97 Å². The summed E-state index contributed by atoms with van der Waals surface area (Å²) in [5.74, 6) is -1.43. The first kappa shape index (κ1) is 11.9. The molecule has 0 amide bonds. The minimum atomic E-state index is -1.04. The highest BCUT2D eigenvalue weighted by molar-refractivity contribution is 5.89. The molecular weight excluding hydrogens is 243 g/mol. The zero-order valence-corrected chi connectivity index (χ0v) is 10.3. The number of hydrogen-bond donors (Lipinski definition) is 1. The fraction of sp³-hybridized carbons (Fsp3) is 0.188. The number of carboxylic acids is 1. The number of fused-ring (bicyclic) bond motifs is 1. The number of benzene rings is 2. The molecule has 0 saturated heterocycles. The first-order valence-corrected chi connectivity index (χ1v) is 6.30. The van der Waals surface area contributed by atoms with E-state index in [2.05, 4.69) is 0 Å². The average Bonchev–Trinajstić information content (AvgIpc) is 2.86. The summed E-state index contributed by atoms with van der Waals surface area (Å²) in [6.07, 6.45) is 3.23. The van der Waals surface area contributed by atoms with Gasteiger partial charge in [0, 0.05) is 5.56 Å². The molecule has 2 aromatic carbocycles. The van der Waals surface area contributed by atoms with Crippen molar-refractivity contribution in [3.8, 4) is 11.1 Å². The molecule has 96 valence electrons. The molecule has 0 spiro atoms. The van der Waals surface area contributed by atoms with Crippen molar-refractivity contribution < 1.29 is 14.3 Å². The van der Waals surface area contributed by atoms with Crippen LogP contribution in [0.2, 0.25) is 0 Å². The van der Waals surface area contributed by atoms with Crippen molar-refractivity contribution in [1.29, 1.82) is 0 Å². The highest BCUT2D eigenvalue weighted by atomic mass is 19.1. The third-order valence-electron chi connectivity index (χ3n) is 3.62. The molecule has 0 saturated carbocycles. The third kappa shape index (κ3) is 2.12. The molecule has 1 N–H and O–H groups in total. The van der Waals surface area contributed by atoms with Crippen LogP contribution in [0.3, 0.4) is 0 Å². The lowest BCUT2D eigenvalue weighted by Crippen LogP contribution is -1.98. The van der Waals surface area contributed by atoms with Crippen LogP contribution in [0.1, 0.15) is 27.9 Å². The zero-order valence-electron chi connectivity index (χ0n) is 10.3. The summed E-state index contributed by atoms with van der Waals surface area (Å²) in [7, 11) is 0. The quantitative estimate of drug-likeness (QED) is 0.890. The van der Waals surface area contributed by atoms with Crippen LogP contribution in [0.15, 0.2) is 36.4 Å². The summed E-state index contributed by atoms with van der Waals surface area (Å²) < 4.78 is 13.9. The van der Waals surface area contributed by atoms with Crippen molar-refractivity contribution in [2.24, 2.45) is 0 Å². The molecular formula is C16H13FO2. The number of rotatable bonds is 2. The molecule has 0 radical (unpaired) electrons. The lowest BCUT2D eigenvalue weighted by atomic mass is 9.98. The molecule has 0 bridgehead atoms. The van der Waals surface area contributed by atoms with Gasteiger partial charge in [0.25, 0.3) is 0 Å². The van der Waals surface area contributed by atoms with E-state index < -0.39 is 5.97 Å². The summed E-state index contributed by atoms with van der Waals surface area (Å²) in [5, 5.41) is 8.98. The van der Waals surface area contributed by atoms with Gasteiger partial charge in [0.1, 0.15) is 5.82 Å². The zero-order chi connectivity index (χ0) is 13.4. The second kappa shape index (κ2) is 4.50. The highest BCUT2D eigenvalue weighted by Gasteiger charge is 2.14. The SMILES string of the molecule is O=C(O)c1ccc(F)c(-c2ccc3c(c2)CCC3)c1. The van der Waals surface area contributed by atoms with E-state index in [0.29, 0.717) is 5.56 Å². The van der Waals surface area contributed by atoms with Gasteiger partial charge in [-0.15, -0.1) is 0 Å². The number of carbonyl (C=O) groups is 1. The third-order valence-corrected chi connectivity index (χ3v) is 3.62. The second-order valence-corrected chi connectivity index (χ2v) is 4.84. The molecule has 0 heterocycles. The number of halogens is 1. The van der Waals surface area contributed by atoms with Crippen molar-refractivity contribution in [2.45, 2.75) is 19.3 Å². The maximum Gasteiger partial charge on any atom is 0.335 e. The molecule has 0 unspecified atom stereocenters. The van der Waals surface area contributed by atoms with E-state index in [0.717, 1.165) is 24.8 Å². The Bertz CT molecular complexity index is 662. The molecule has 1 aliphatic carbocycles. The van der Waals surface area contributed by atoms with Crippen molar-refractivity contribution in [2.75, 3.05) is 0 Å². The minimum Gasteiger partial charge on any atom is -0.478 e. The smallest absolute Gasteiger partial charge is 0.335 e. The van der Waals surface area contributed by atoms with E-state index in [1.54, 1.807) is 0 Å². The van der Waals surface area contributed by atoms with Gasteiger partial charge in [-0.1, -0.05) is 18.2 Å². The Labute approximate surface area is 110 Å². The van der Waals surface area contributed by atoms with Crippen molar-refractivity contribution in [1.82, 2.24) is 0 Å². The first-order chi connectivity index (χ1) is 9.15. The minimum absolute atomic E-state index is 0.108. The monoisotopic (exact) mass is 256 g/mol. The molecule has 0 aliphatic heterocycles. The summed E-state index contributed by atoms with van der Waals surface area (Å²) in [6.45, 7) is 0. The van der Waals surface area contributed by atoms with Crippen LogP contribution in [0.25, 0.3) is 11.1 Å². The van der Waals surface area contributed by atoms with Crippen LogP contribution in [-0.4, -0.2) is 11.1 Å². The number of hydrogen-bond acceptors (Lipinski definition) is 1. The van der Waals surface area contributed by atoms with Gasteiger partial charge >= 0.3 is 5.97 Å². The summed E-state index contributed by atoms with van der Waals surface area (Å²) in [4.78, 5) is 11.0. The maximum absolute atomic E-state index is 13.9. The van der Waals surface area contributed by atoms with Crippen LogP contribution < -0.4 is 0 Å². The van der Waals surface area contributed by atoms with E-state index in [1.807, 2.05) is 18.2 Å². The van der Waals surface area contributed by atoms with Gasteiger partial charge in [-0.25, -0.2) is 9.18 Å². The molecule has 3 rings (SSSR count). The average molecular weight is 256 g/mol. The summed E-state index contributed by atoms with van der Waals surface area (Å²) in [5.41, 5.74) is 3.78. The Balaban J connectivity index is 2.11. The van der Waals surface area contributed by atoms with Crippen LogP contribution in [0.4, 0.5) is 4.39 Å². The van der Waals surface area contributed by atoms with Gasteiger partial charge in [-0.2, -0.15) is 0 Å². The molecule has 0 atom stereocenters. The van der Waals surface area contributed by atoms with Gasteiger partial charge in [0.05, 0.1) is 5.56 Å². The Morgan fingerprint density at radius 2 is 1.84 bits per heavy atom. The highest BCUT2D eigenvalue weighted by Crippen LogP contribution is 2.30. The largest absolute Gasteiger partial charge is 0.478 e. The Morgan fingerprint density at radius 3 is 2.63 bits per heavy atom. The molecule has 1 aliphatic rings. The normalized spacial score (nSPS) is 13.3.